The van der Waals surface area contributed by atoms with Crippen LogP contribution in [0.15, 0.2) is 18.2 Å². The first-order chi connectivity index (χ1) is 9.71. The summed E-state index contributed by atoms with van der Waals surface area (Å²) in [4.78, 5) is 24.9. The van der Waals surface area contributed by atoms with E-state index in [0.29, 0.717) is 15.7 Å². The number of benzene rings is 1. The maximum absolute atomic E-state index is 12.0. The standard InChI is InChI=1S/C13H15Cl2N3O3/c1-13(2)10(21-12(20)18(13)3)17-11(19)16-7-4-5-8(14)9(15)6-7/h4-6,10H,1-3H3,(H2,16,17,19). The molecular weight excluding hydrogens is 317 g/mol. The van der Waals surface area contributed by atoms with Crippen LogP contribution in [0.1, 0.15) is 13.8 Å². The van der Waals surface area contributed by atoms with Gasteiger partial charge in [-0.3, -0.25) is 0 Å². The Morgan fingerprint density at radius 2 is 2.00 bits per heavy atom. The zero-order valence-corrected chi connectivity index (χ0v) is 13.2. The first-order valence-electron chi connectivity index (χ1n) is 6.19. The van der Waals surface area contributed by atoms with Crippen LogP contribution < -0.4 is 10.6 Å². The number of nitrogens with zero attached hydrogens (tertiary/aromatic N) is 1. The fourth-order valence-electron chi connectivity index (χ4n) is 1.80. The Hall–Kier alpha value is -1.66. The van der Waals surface area contributed by atoms with Crippen LogP contribution in [0.4, 0.5) is 15.3 Å². The van der Waals surface area contributed by atoms with Gasteiger partial charge in [-0.25, -0.2) is 9.59 Å². The first kappa shape index (κ1) is 15.7. The molecule has 1 aliphatic heterocycles. The second-order valence-corrected chi connectivity index (χ2v) is 6.02. The molecular formula is C13H15Cl2N3O3. The molecule has 21 heavy (non-hydrogen) atoms. The molecule has 1 aliphatic rings. The summed E-state index contributed by atoms with van der Waals surface area (Å²) in [6.07, 6.45) is -1.24. The van der Waals surface area contributed by atoms with E-state index in [-0.39, 0.29) is 0 Å². The maximum Gasteiger partial charge on any atom is 0.412 e. The van der Waals surface area contributed by atoms with Crippen LogP contribution in [0.3, 0.4) is 0 Å². The number of halogens is 2. The van der Waals surface area contributed by atoms with Crippen molar-refractivity contribution in [1.29, 1.82) is 0 Å². The van der Waals surface area contributed by atoms with Gasteiger partial charge in [-0.2, -0.15) is 0 Å². The molecule has 2 N–H and O–H groups in total. The number of carbonyl (C=O) groups excluding carboxylic acids is 2. The summed E-state index contributed by atoms with van der Waals surface area (Å²) in [7, 11) is 1.61. The summed E-state index contributed by atoms with van der Waals surface area (Å²) < 4.78 is 5.11. The predicted octanol–water partition coefficient (Wildman–Crippen LogP) is 3.30. The van der Waals surface area contributed by atoms with E-state index < -0.39 is 23.9 Å². The van der Waals surface area contributed by atoms with Gasteiger partial charge in [0, 0.05) is 12.7 Å². The van der Waals surface area contributed by atoms with Crippen molar-refractivity contribution in [3.05, 3.63) is 28.2 Å². The fourth-order valence-corrected chi connectivity index (χ4v) is 2.10. The zero-order valence-electron chi connectivity index (χ0n) is 11.7. The number of rotatable bonds is 2. The number of anilines is 1. The number of hydrogen-bond acceptors (Lipinski definition) is 3. The topological polar surface area (TPSA) is 70.7 Å². The number of urea groups is 1. The Morgan fingerprint density at radius 3 is 2.52 bits per heavy atom. The summed E-state index contributed by atoms with van der Waals surface area (Å²) in [5.41, 5.74) is -0.163. The lowest BCUT2D eigenvalue weighted by molar-refractivity contribution is 0.0970. The molecule has 1 fully saturated rings. The van der Waals surface area contributed by atoms with Gasteiger partial charge in [-0.05, 0) is 32.0 Å². The van der Waals surface area contributed by atoms with Crippen LogP contribution >= 0.6 is 23.2 Å². The van der Waals surface area contributed by atoms with E-state index in [1.165, 1.54) is 11.0 Å². The molecule has 0 aromatic heterocycles. The van der Waals surface area contributed by atoms with Gasteiger partial charge in [0.15, 0.2) is 0 Å². The first-order valence-corrected chi connectivity index (χ1v) is 6.94. The third kappa shape index (κ3) is 3.16. The number of nitrogens with one attached hydrogen (secondary N) is 2. The van der Waals surface area contributed by atoms with Crippen molar-refractivity contribution in [3.63, 3.8) is 0 Å². The van der Waals surface area contributed by atoms with Gasteiger partial charge in [-0.1, -0.05) is 23.2 Å². The Balaban J connectivity index is 2.02. The van der Waals surface area contributed by atoms with Gasteiger partial charge in [-0.15, -0.1) is 0 Å². The van der Waals surface area contributed by atoms with E-state index in [0.717, 1.165) is 0 Å². The minimum Gasteiger partial charge on any atom is -0.423 e. The molecule has 1 saturated heterocycles. The van der Waals surface area contributed by atoms with Gasteiger partial charge < -0.3 is 20.3 Å². The van der Waals surface area contributed by atoms with E-state index in [9.17, 15) is 9.59 Å². The van der Waals surface area contributed by atoms with Crippen LogP contribution in [0.5, 0.6) is 0 Å². The van der Waals surface area contributed by atoms with Gasteiger partial charge >= 0.3 is 12.1 Å². The minimum atomic E-state index is -0.752. The summed E-state index contributed by atoms with van der Waals surface area (Å²) in [5.74, 6) is 0. The third-order valence-corrected chi connectivity index (χ3v) is 4.18. The highest BCUT2D eigenvalue weighted by Crippen LogP contribution is 2.27. The average Bonchev–Trinajstić information content (AvgIpc) is 2.58. The largest absolute Gasteiger partial charge is 0.423 e. The molecule has 114 valence electrons. The smallest absolute Gasteiger partial charge is 0.412 e. The highest BCUT2D eigenvalue weighted by Gasteiger charge is 2.47. The SMILES string of the molecule is CN1C(=O)OC(NC(=O)Nc2ccc(Cl)c(Cl)c2)C1(C)C. The molecule has 6 nitrogen and oxygen atoms in total. The molecule has 0 radical (unpaired) electrons. The monoisotopic (exact) mass is 331 g/mol. The predicted molar refractivity (Wildman–Crippen MR) is 80.7 cm³/mol. The third-order valence-electron chi connectivity index (χ3n) is 3.44. The summed E-state index contributed by atoms with van der Waals surface area (Å²) in [6, 6.07) is 4.22. The molecule has 1 heterocycles. The van der Waals surface area contributed by atoms with Crippen molar-refractivity contribution in [2.24, 2.45) is 0 Å². The molecule has 1 aromatic carbocycles. The van der Waals surface area contributed by atoms with Crippen molar-refractivity contribution < 1.29 is 14.3 Å². The number of ether oxygens (including phenoxy) is 1. The van der Waals surface area contributed by atoms with Crippen molar-refractivity contribution in [3.8, 4) is 0 Å². The van der Waals surface area contributed by atoms with Crippen molar-refractivity contribution >= 4 is 41.0 Å². The Morgan fingerprint density at radius 1 is 1.33 bits per heavy atom. The molecule has 8 heteroatoms. The second kappa shape index (κ2) is 5.61. The van der Waals surface area contributed by atoms with Gasteiger partial charge in [0.05, 0.1) is 15.6 Å². The van der Waals surface area contributed by atoms with Gasteiger partial charge in [0.2, 0.25) is 6.23 Å². The lowest BCUT2D eigenvalue weighted by Gasteiger charge is -2.29. The van der Waals surface area contributed by atoms with Crippen molar-refractivity contribution in [1.82, 2.24) is 10.2 Å². The minimum absolute atomic E-state index is 0.335. The number of amides is 3. The van der Waals surface area contributed by atoms with E-state index in [1.54, 1.807) is 33.0 Å². The lowest BCUT2D eigenvalue weighted by Crippen LogP contribution is -2.52. The van der Waals surface area contributed by atoms with Gasteiger partial charge in [0.1, 0.15) is 0 Å². The second-order valence-electron chi connectivity index (χ2n) is 5.20. The quantitative estimate of drug-likeness (QED) is 0.873. The average molecular weight is 332 g/mol. The Bertz CT molecular complexity index is 592. The summed E-state index contributed by atoms with van der Waals surface area (Å²) in [6.45, 7) is 3.59. The summed E-state index contributed by atoms with van der Waals surface area (Å²) >= 11 is 11.7. The molecule has 0 aliphatic carbocycles. The molecule has 0 bridgehead atoms. The highest BCUT2D eigenvalue weighted by molar-refractivity contribution is 6.42. The molecule has 1 unspecified atom stereocenters. The molecule has 1 aromatic rings. The summed E-state index contributed by atoms with van der Waals surface area (Å²) in [5, 5.41) is 5.94. The number of hydrogen-bond donors (Lipinski definition) is 2. The number of cyclic esters (lactones) is 1. The molecule has 0 saturated carbocycles. The maximum atomic E-state index is 12.0. The van der Waals surface area contributed by atoms with Gasteiger partial charge in [0.25, 0.3) is 0 Å². The Kier molecular flexibility index (Phi) is 4.20. The van der Waals surface area contributed by atoms with E-state index in [2.05, 4.69) is 10.6 Å². The number of carbonyl (C=O) groups is 2. The van der Waals surface area contributed by atoms with Crippen molar-refractivity contribution in [2.45, 2.75) is 25.6 Å². The fraction of sp³-hybridized carbons (Fsp3) is 0.385. The number of likely N-dealkylation sites (N-methyl/N-ethyl adjacent to an activating group) is 1. The lowest BCUT2D eigenvalue weighted by atomic mass is 10.0. The highest BCUT2D eigenvalue weighted by atomic mass is 35.5. The van der Waals surface area contributed by atoms with Crippen molar-refractivity contribution in [2.75, 3.05) is 12.4 Å². The molecule has 0 spiro atoms. The van der Waals surface area contributed by atoms with Crippen LogP contribution in [-0.2, 0) is 4.74 Å². The van der Waals surface area contributed by atoms with Crippen LogP contribution in [0.25, 0.3) is 0 Å². The van der Waals surface area contributed by atoms with E-state index in [1.807, 2.05) is 0 Å². The Labute approximate surface area is 132 Å². The molecule has 1 atom stereocenters. The normalized spacial score (nSPS) is 20.1. The molecule has 2 rings (SSSR count). The van der Waals surface area contributed by atoms with E-state index in [4.69, 9.17) is 27.9 Å². The van der Waals surface area contributed by atoms with E-state index >= 15 is 0 Å². The molecule has 3 amide bonds. The zero-order chi connectivity index (χ0) is 15.8. The van der Waals surface area contributed by atoms with Crippen LogP contribution in [-0.4, -0.2) is 35.8 Å². The van der Waals surface area contributed by atoms with Crippen LogP contribution in [0.2, 0.25) is 10.0 Å². The van der Waals surface area contributed by atoms with Crippen LogP contribution in [0, 0.1) is 0 Å².